The largest absolute Gasteiger partial charge is 0.395 e. The number of nitrogens with zero attached hydrogens (tertiary/aromatic N) is 2. The molecule has 0 bridgehead atoms. The predicted molar refractivity (Wildman–Crippen MR) is 81.1 cm³/mol. The Morgan fingerprint density at radius 1 is 0.381 bits per heavy atom. The molecule has 6 N–H and O–H groups in total. The van der Waals surface area contributed by atoms with E-state index in [-0.39, 0.29) is 69.2 Å². The molecule has 0 heterocycles. The summed E-state index contributed by atoms with van der Waals surface area (Å²) in [6, 6.07) is 0. The van der Waals surface area contributed by atoms with Crippen molar-refractivity contribution in [3.8, 4) is 0 Å². The first-order valence-corrected chi connectivity index (χ1v) is 6.79. The predicted octanol–water partition coefficient (Wildman–Crippen LogP) is -3.85. The molecule has 0 fully saturated rings. The number of aliphatic hydroxyl groups excluding tert-OH is 6. The molecule has 0 saturated carbocycles. The SMILES string of the molecule is OCCN(CCO)CCO.OCCN(CCO)CCO.[Na]. The molecule has 0 aromatic heterocycles. The monoisotopic (exact) mass is 321 g/mol. The summed E-state index contributed by atoms with van der Waals surface area (Å²) in [5.74, 6) is 0. The summed E-state index contributed by atoms with van der Waals surface area (Å²) in [6.45, 7) is 3.51. The Labute approximate surface area is 148 Å². The molecule has 0 rings (SSSR count). The summed E-state index contributed by atoms with van der Waals surface area (Å²) in [6.07, 6.45) is 0. The van der Waals surface area contributed by atoms with Crippen molar-refractivity contribution in [3.05, 3.63) is 0 Å². The van der Waals surface area contributed by atoms with Gasteiger partial charge in [-0.15, -0.1) is 0 Å². The Bertz CT molecular complexity index is 135. The van der Waals surface area contributed by atoms with E-state index in [1.807, 2.05) is 0 Å². The molecule has 0 aromatic carbocycles. The van der Waals surface area contributed by atoms with E-state index in [2.05, 4.69) is 0 Å². The smallest absolute Gasteiger partial charge is 0.0558 e. The molecular weight excluding hydrogens is 291 g/mol. The van der Waals surface area contributed by atoms with Gasteiger partial charge in [0.05, 0.1) is 39.6 Å². The summed E-state index contributed by atoms with van der Waals surface area (Å²) in [5.41, 5.74) is 0. The van der Waals surface area contributed by atoms with Gasteiger partial charge in [0.15, 0.2) is 0 Å². The summed E-state index contributed by atoms with van der Waals surface area (Å²) in [4.78, 5) is 3.58. The normalized spacial score (nSPS) is 10.3. The first-order chi connectivity index (χ1) is 9.69. The molecule has 21 heavy (non-hydrogen) atoms. The van der Waals surface area contributed by atoms with Gasteiger partial charge in [-0.25, -0.2) is 0 Å². The van der Waals surface area contributed by atoms with Crippen LogP contribution in [0.15, 0.2) is 0 Å². The van der Waals surface area contributed by atoms with Crippen molar-refractivity contribution >= 4 is 29.6 Å². The molecule has 0 atom stereocenters. The minimum Gasteiger partial charge on any atom is -0.395 e. The van der Waals surface area contributed by atoms with Crippen LogP contribution in [0.25, 0.3) is 0 Å². The van der Waals surface area contributed by atoms with Crippen LogP contribution in [-0.4, -0.2) is 149 Å². The van der Waals surface area contributed by atoms with Crippen LogP contribution in [0, 0.1) is 0 Å². The Morgan fingerprint density at radius 3 is 0.619 bits per heavy atom. The molecule has 1 radical (unpaired) electrons. The Balaban J connectivity index is -0.000000295. The third-order valence-electron chi connectivity index (χ3n) is 2.50. The topological polar surface area (TPSA) is 128 Å². The zero-order valence-corrected chi connectivity index (χ0v) is 15.1. The first kappa shape index (κ1) is 26.6. The molecule has 0 aliphatic rings. The third-order valence-corrected chi connectivity index (χ3v) is 2.50. The fourth-order valence-corrected chi connectivity index (χ4v) is 1.52. The van der Waals surface area contributed by atoms with Crippen molar-refractivity contribution in [2.24, 2.45) is 0 Å². The molecule has 0 aliphatic carbocycles. The Hall–Kier alpha value is 0.680. The standard InChI is InChI=1S/2C6H15NO3.Na/c2*8-4-1-7(2-5-9)3-6-10;/h2*8-10H,1-6H2;. The molecule has 9 heteroatoms. The van der Waals surface area contributed by atoms with Crippen molar-refractivity contribution in [3.63, 3.8) is 0 Å². The third kappa shape index (κ3) is 20.7. The summed E-state index contributed by atoms with van der Waals surface area (Å²) in [7, 11) is 0. The maximum absolute atomic E-state index is 8.48. The molecule has 0 aliphatic heterocycles. The second kappa shape index (κ2) is 23.0. The van der Waals surface area contributed by atoms with E-state index in [9.17, 15) is 0 Å². The first-order valence-electron chi connectivity index (χ1n) is 6.79. The Kier molecular flexibility index (Phi) is 29.0. The second-order valence-corrected chi connectivity index (χ2v) is 4.02. The van der Waals surface area contributed by atoms with Crippen molar-refractivity contribution in [2.45, 2.75) is 0 Å². The number of aliphatic hydroxyl groups is 6. The van der Waals surface area contributed by atoms with E-state index in [1.54, 1.807) is 9.80 Å². The van der Waals surface area contributed by atoms with Gasteiger partial charge in [0, 0.05) is 68.8 Å². The molecular formula is C12H30N2NaO6. The van der Waals surface area contributed by atoms with E-state index in [0.29, 0.717) is 39.3 Å². The number of hydrogen-bond acceptors (Lipinski definition) is 8. The fourth-order valence-electron chi connectivity index (χ4n) is 1.52. The molecule has 0 amide bonds. The quantitative estimate of drug-likeness (QED) is 0.202. The average molecular weight is 321 g/mol. The zero-order chi connectivity index (χ0) is 15.6. The van der Waals surface area contributed by atoms with E-state index < -0.39 is 0 Å². The van der Waals surface area contributed by atoms with Gasteiger partial charge in [0.25, 0.3) is 0 Å². The minimum absolute atomic E-state index is 0. The van der Waals surface area contributed by atoms with Crippen LogP contribution in [0.3, 0.4) is 0 Å². The van der Waals surface area contributed by atoms with Crippen LogP contribution in [0.1, 0.15) is 0 Å². The van der Waals surface area contributed by atoms with Crippen LogP contribution >= 0.6 is 0 Å². The van der Waals surface area contributed by atoms with Crippen LogP contribution < -0.4 is 0 Å². The molecule has 125 valence electrons. The maximum Gasteiger partial charge on any atom is 0.0558 e. The summed E-state index contributed by atoms with van der Waals surface area (Å²) >= 11 is 0. The molecule has 0 aromatic rings. The van der Waals surface area contributed by atoms with Crippen molar-refractivity contribution < 1.29 is 30.6 Å². The van der Waals surface area contributed by atoms with Crippen LogP contribution in [0.4, 0.5) is 0 Å². The average Bonchev–Trinajstić information content (AvgIpc) is 2.41. The molecule has 0 spiro atoms. The van der Waals surface area contributed by atoms with Crippen LogP contribution in [0.5, 0.6) is 0 Å². The molecule has 0 unspecified atom stereocenters. The van der Waals surface area contributed by atoms with E-state index in [0.717, 1.165) is 0 Å². The van der Waals surface area contributed by atoms with Gasteiger partial charge in [-0.05, 0) is 0 Å². The van der Waals surface area contributed by atoms with Crippen LogP contribution in [0.2, 0.25) is 0 Å². The van der Waals surface area contributed by atoms with Crippen LogP contribution in [-0.2, 0) is 0 Å². The number of hydrogen-bond donors (Lipinski definition) is 6. The van der Waals surface area contributed by atoms with E-state index in [1.165, 1.54) is 0 Å². The summed E-state index contributed by atoms with van der Waals surface area (Å²) < 4.78 is 0. The van der Waals surface area contributed by atoms with Gasteiger partial charge in [-0.3, -0.25) is 9.80 Å². The van der Waals surface area contributed by atoms with Gasteiger partial charge in [-0.2, -0.15) is 0 Å². The van der Waals surface area contributed by atoms with Gasteiger partial charge in [0.1, 0.15) is 0 Å². The van der Waals surface area contributed by atoms with Gasteiger partial charge < -0.3 is 30.6 Å². The second-order valence-electron chi connectivity index (χ2n) is 4.02. The van der Waals surface area contributed by atoms with Crippen molar-refractivity contribution in [1.29, 1.82) is 0 Å². The van der Waals surface area contributed by atoms with Gasteiger partial charge in [0.2, 0.25) is 0 Å². The molecule has 8 nitrogen and oxygen atoms in total. The summed E-state index contributed by atoms with van der Waals surface area (Å²) in [5, 5.41) is 50.9. The minimum atomic E-state index is 0. The van der Waals surface area contributed by atoms with Gasteiger partial charge >= 0.3 is 0 Å². The fraction of sp³-hybridized carbons (Fsp3) is 1.00. The zero-order valence-electron chi connectivity index (χ0n) is 13.1. The molecule has 0 saturated heterocycles. The Morgan fingerprint density at radius 2 is 0.524 bits per heavy atom. The number of rotatable bonds is 12. The van der Waals surface area contributed by atoms with Crippen molar-refractivity contribution in [2.75, 3.05) is 78.9 Å². The van der Waals surface area contributed by atoms with E-state index >= 15 is 0 Å². The van der Waals surface area contributed by atoms with E-state index in [4.69, 9.17) is 30.6 Å². The van der Waals surface area contributed by atoms with Gasteiger partial charge in [-0.1, -0.05) is 0 Å². The van der Waals surface area contributed by atoms with Crippen molar-refractivity contribution in [1.82, 2.24) is 9.80 Å². The maximum atomic E-state index is 8.48.